The molecule has 0 aliphatic carbocycles. The highest BCUT2D eigenvalue weighted by Crippen LogP contribution is 2.32. The normalized spacial score (nSPS) is 24.5. The molecular formula is C15H18F2N2OS. The van der Waals surface area contributed by atoms with Crippen LogP contribution in [0, 0.1) is 11.6 Å². The minimum absolute atomic E-state index is 0.0257. The van der Waals surface area contributed by atoms with Gasteiger partial charge >= 0.3 is 0 Å². The fourth-order valence-corrected chi connectivity index (χ4v) is 3.58. The van der Waals surface area contributed by atoms with Crippen LogP contribution in [0.4, 0.5) is 8.78 Å². The highest BCUT2D eigenvalue weighted by Gasteiger charge is 2.36. The molecule has 21 heavy (non-hydrogen) atoms. The number of ether oxygens (including phenoxy) is 1. The van der Waals surface area contributed by atoms with Crippen molar-refractivity contribution in [3.8, 4) is 5.75 Å². The first kappa shape index (κ1) is 14.5. The first-order valence-corrected chi connectivity index (χ1v) is 7.68. The predicted octanol–water partition coefficient (Wildman–Crippen LogP) is 2.63. The van der Waals surface area contributed by atoms with Crippen molar-refractivity contribution in [3.63, 3.8) is 0 Å². The fraction of sp³-hybridized carbons (Fsp3) is 0.533. The lowest BCUT2D eigenvalue weighted by Crippen LogP contribution is -2.48. The largest absolute Gasteiger partial charge is 0.488 e. The number of halogens is 2. The number of hydrogen-bond acceptors (Lipinski definition) is 2. The molecule has 114 valence electrons. The van der Waals surface area contributed by atoms with Crippen molar-refractivity contribution in [2.24, 2.45) is 0 Å². The summed E-state index contributed by atoms with van der Waals surface area (Å²) in [5, 5.41) is 3.91. The quantitative estimate of drug-likeness (QED) is 0.867. The Hall–Kier alpha value is -1.43. The standard InChI is InChI=1S/C15H18F2N2OS/c1-2-3-11-7-18-15(21)19(11)12-5-9-4-10(16)6-13(17)14(9)20-8-12/h4,6,11-12H,2-3,5,7-8H2,1H3,(H,18,21). The van der Waals surface area contributed by atoms with E-state index in [-0.39, 0.29) is 11.8 Å². The number of benzene rings is 1. The Bertz CT molecular complexity index is 567. The molecule has 0 saturated carbocycles. The van der Waals surface area contributed by atoms with Gasteiger partial charge in [-0.1, -0.05) is 13.3 Å². The molecule has 2 unspecified atom stereocenters. The molecule has 0 bridgehead atoms. The third-order valence-corrected chi connectivity index (χ3v) is 4.45. The van der Waals surface area contributed by atoms with Crippen molar-refractivity contribution < 1.29 is 13.5 Å². The van der Waals surface area contributed by atoms with E-state index < -0.39 is 11.6 Å². The van der Waals surface area contributed by atoms with E-state index in [9.17, 15) is 8.78 Å². The maximum absolute atomic E-state index is 13.7. The summed E-state index contributed by atoms with van der Waals surface area (Å²) in [5.74, 6) is -1.02. The van der Waals surface area contributed by atoms with Crippen molar-refractivity contribution >= 4 is 17.3 Å². The van der Waals surface area contributed by atoms with Gasteiger partial charge in [0.25, 0.3) is 0 Å². The van der Waals surface area contributed by atoms with E-state index in [1.54, 1.807) is 0 Å². The minimum Gasteiger partial charge on any atom is -0.488 e. The lowest BCUT2D eigenvalue weighted by atomic mass is 9.99. The van der Waals surface area contributed by atoms with Gasteiger partial charge in [0.15, 0.2) is 16.7 Å². The van der Waals surface area contributed by atoms with Crippen LogP contribution in [0.3, 0.4) is 0 Å². The van der Waals surface area contributed by atoms with Crippen LogP contribution in [0.15, 0.2) is 12.1 Å². The molecule has 2 atom stereocenters. The summed E-state index contributed by atoms with van der Waals surface area (Å²) in [4.78, 5) is 2.14. The molecular weight excluding hydrogens is 294 g/mol. The summed E-state index contributed by atoms with van der Waals surface area (Å²) in [7, 11) is 0. The van der Waals surface area contributed by atoms with E-state index in [1.165, 1.54) is 6.07 Å². The molecule has 1 aromatic rings. The average Bonchev–Trinajstić information content (AvgIpc) is 2.79. The van der Waals surface area contributed by atoms with Crippen LogP contribution in [0.1, 0.15) is 25.3 Å². The zero-order valence-electron chi connectivity index (χ0n) is 11.9. The van der Waals surface area contributed by atoms with Crippen molar-refractivity contribution in [1.82, 2.24) is 10.2 Å². The monoisotopic (exact) mass is 312 g/mol. The summed E-state index contributed by atoms with van der Waals surface area (Å²) in [6.07, 6.45) is 2.65. The summed E-state index contributed by atoms with van der Waals surface area (Å²) < 4.78 is 32.6. The highest BCUT2D eigenvalue weighted by molar-refractivity contribution is 7.80. The van der Waals surface area contributed by atoms with Crippen LogP contribution in [0.25, 0.3) is 0 Å². The van der Waals surface area contributed by atoms with Gasteiger partial charge < -0.3 is 15.0 Å². The van der Waals surface area contributed by atoms with E-state index in [2.05, 4.69) is 17.1 Å². The lowest BCUT2D eigenvalue weighted by molar-refractivity contribution is 0.149. The SMILES string of the molecule is CCCC1CNC(=S)N1C1COc2c(F)cc(F)cc2C1. The third-order valence-electron chi connectivity index (χ3n) is 4.09. The fourth-order valence-electron chi connectivity index (χ4n) is 3.20. The van der Waals surface area contributed by atoms with Crippen LogP contribution >= 0.6 is 12.2 Å². The van der Waals surface area contributed by atoms with Gasteiger partial charge in [-0.2, -0.15) is 0 Å². The summed E-state index contributed by atoms with van der Waals surface area (Å²) in [6, 6.07) is 2.57. The van der Waals surface area contributed by atoms with Crippen LogP contribution in [0.5, 0.6) is 5.75 Å². The van der Waals surface area contributed by atoms with Crippen LogP contribution in [0.2, 0.25) is 0 Å². The van der Waals surface area contributed by atoms with Gasteiger partial charge in [-0.15, -0.1) is 0 Å². The summed E-state index contributed by atoms with van der Waals surface area (Å²) in [6.45, 7) is 3.34. The van der Waals surface area contributed by atoms with Gasteiger partial charge in [0, 0.05) is 30.6 Å². The molecule has 1 aromatic carbocycles. The molecule has 1 fully saturated rings. The second-order valence-electron chi connectivity index (χ2n) is 5.58. The number of rotatable bonds is 3. The van der Waals surface area contributed by atoms with E-state index in [0.29, 0.717) is 29.7 Å². The van der Waals surface area contributed by atoms with Gasteiger partial charge in [0.2, 0.25) is 0 Å². The Labute approximate surface area is 128 Å². The Morgan fingerprint density at radius 2 is 2.24 bits per heavy atom. The zero-order chi connectivity index (χ0) is 15.0. The van der Waals surface area contributed by atoms with Crippen LogP contribution < -0.4 is 10.1 Å². The molecule has 0 aromatic heterocycles. The predicted molar refractivity (Wildman–Crippen MR) is 80.5 cm³/mol. The van der Waals surface area contributed by atoms with Crippen LogP contribution in [-0.2, 0) is 6.42 Å². The van der Waals surface area contributed by atoms with Crippen molar-refractivity contribution in [3.05, 3.63) is 29.3 Å². The maximum Gasteiger partial charge on any atom is 0.169 e. The molecule has 2 aliphatic heterocycles. The van der Waals surface area contributed by atoms with Gasteiger partial charge in [0.1, 0.15) is 12.4 Å². The Morgan fingerprint density at radius 1 is 1.43 bits per heavy atom. The molecule has 2 aliphatic rings. The lowest BCUT2D eigenvalue weighted by Gasteiger charge is -2.36. The van der Waals surface area contributed by atoms with E-state index in [1.807, 2.05) is 0 Å². The van der Waals surface area contributed by atoms with Gasteiger partial charge in [-0.3, -0.25) is 0 Å². The smallest absolute Gasteiger partial charge is 0.169 e. The summed E-state index contributed by atoms with van der Waals surface area (Å²) in [5.41, 5.74) is 0.577. The van der Waals surface area contributed by atoms with Crippen LogP contribution in [-0.4, -0.2) is 35.2 Å². The molecule has 3 nitrogen and oxygen atoms in total. The minimum atomic E-state index is -0.629. The maximum atomic E-state index is 13.7. The topological polar surface area (TPSA) is 24.5 Å². The number of thiocarbonyl (C=S) groups is 1. The molecule has 3 rings (SSSR count). The second-order valence-corrected chi connectivity index (χ2v) is 5.97. The van der Waals surface area contributed by atoms with Crippen molar-refractivity contribution in [2.75, 3.05) is 13.2 Å². The van der Waals surface area contributed by atoms with Crippen molar-refractivity contribution in [2.45, 2.75) is 38.3 Å². The second kappa shape index (κ2) is 5.75. The van der Waals surface area contributed by atoms with Gasteiger partial charge in [-0.25, -0.2) is 8.78 Å². The molecule has 1 saturated heterocycles. The third kappa shape index (κ3) is 2.69. The van der Waals surface area contributed by atoms with E-state index in [0.717, 1.165) is 25.5 Å². The van der Waals surface area contributed by atoms with E-state index in [4.69, 9.17) is 17.0 Å². The molecule has 6 heteroatoms. The Morgan fingerprint density at radius 3 is 3.00 bits per heavy atom. The number of nitrogens with zero attached hydrogens (tertiary/aromatic N) is 1. The Balaban J connectivity index is 1.83. The first-order chi connectivity index (χ1) is 10.1. The van der Waals surface area contributed by atoms with Gasteiger partial charge in [0.05, 0.1) is 6.04 Å². The molecule has 0 amide bonds. The highest BCUT2D eigenvalue weighted by atomic mass is 32.1. The molecule has 1 N–H and O–H groups in total. The number of hydrogen-bond donors (Lipinski definition) is 1. The van der Waals surface area contributed by atoms with E-state index >= 15 is 0 Å². The molecule has 0 radical (unpaired) electrons. The zero-order valence-corrected chi connectivity index (χ0v) is 12.7. The van der Waals surface area contributed by atoms with Crippen molar-refractivity contribution in [1.29, 1.82) is 0 Å². The Kier molecular flexibility index (Phi) is 3.97. The van der Waals surface area contributed by atoms with Gasteiger partial charge in [-0.05, 0) is 24.7 Å². The number of nitrogens with one attached hydrogen (secondary N) is 1. The first-order valence-electron chi connectivity index (χ1n) is 7.27. The molecule has 0 spiro atoms. The summed E-state index contributed by atoms with van der Waals surface area (Å²) >= 11 is 5.37. The number of fused-ring (bicyclic) bond motifs is 1. The molecule has 2 heterocycles. The average molecular weight is 312 g/mol.